The summed E-state index contributed by atoms with van der Waals surface area (Å²) in [5.74, 6) is 0.526. The number of anilines is 1. The van der Waals surface area contributed by atoms with Crippen LogP contribution in [0.3, 0.4) is 0 Å². The Morgan fingerprint density at radius 2 is 2.22 bits per heavy atom. The minimum absolute atomic E-state index is 0.0364. The smallest absolute Gasteiger partial charge is 0.201 e. The number of fused-ring (bicyclic) bond motifs is 1. The predicted molar refractivity (Wildman–Crippen MR) is 72.5 cm³/mol. The van der Waals surface area contributed by atoms with Gasteiger partial charge in [-0.1, -0.05) is 0 Å². The second-order valence-corrected chi connectivity index (χ2v) is 6.00. The number of nitrogens with two attached hydrogens (primary N) is 1. The lowest BCUT2D eigenvalue weighted by Gasteiger charge is -2.14. The van der Waals surface area contributed by atoms with Crippen LogP contribution in [0.2, 0.25) is 0 Å². The number of benzene rings is 1. The van der Waals surface area contributed by atoms with Crippen LogP contribution in [-0.4, -0.2) is 25.8 Å². The second kappa shape index (κ2) is 4.68. The zero-order valence-corrected chi connectivity index (χ0v) is 11.4. The number of rotatable bonds is 3. The van der Waals surface area contributed by atoms with Crippen molar-refractivity contribution in [3.8, 4) is 0 Å². The van der Waals surface area contributed by atoms with Crippen LogP contribution >= 0.6 is 0 Å². The number of nitrogen functional groups attached to an aromatic ring is 1. The molecule has 18 heavy (non-hydrogen) atoms. The summed E-state index contributed by atoms with van der Waals surface area (Å²) in [5.41, 5.74) is 7.72. The van der Waals surface area contributed by atoms with E-state index in [0.29, 0.717) is 22.8 Å². The van der Waals surface area contributed by atoms with Crippen molar-refractivity contribution in [2.24, 2.45) is 0 Å². The molecule has 1 heterocycles. The SMILES string of the molecule is Cc1cc2c(cc1F)nc(N)n2C(C)CS(C)=O. The molecule has 1 aromatic heterocycles. The Labute approximate surface area is 107 Å². The van der Waals surface area contributed by atoms with Gasteiger partial charge in [0.1, 0.15) is 5.82 Å². The van der Waals surface area contributed by atoms with Crippen LogP contribution in [0.15, 0.2) is 12.1 Å². The largest absolute Gasteiger partial charge is 0.369 e. The third-order valence-electron chi connectivity index (χ3n) is 2.91. The van der Waals surface area contributed by atoms with Gasteiger partial charge in [-0.05, 0) is 25.5 Å². The summed E-state index contributed by atoms with van der Waals surface area (Å²) in [4.78, 5) is 4.15. The molecular weight excluding hydrogens is 253 g/mol. The van der Waals surface area contributed by atoms with Gasteiger partial charge in [-0.2, -0.15) is 0 Å². The normalized spacial score (nSPS) is 14.9. The van der Waals surface area contributed by atoms with Gasteiger partial charge in [0.15, 0.2) is 0 Å². The minimum atomic E-state index is -0.919. The number of aromatic nitrogens is 2. The van der Waals surface area contributed by atoms with Crippen LogP contribution in [0.1, 0.15) is 18.5 Å². The van der Waals surface area contributed by atoms with Crippen LogP contribution < -0.4 is 5.73 Å². The summed E-state index contributed by atoms with van der Waals surface area (Å²) in [7, 11) is -0.919. The molecule has 0 saturated carbocycles. The average molecular weight is 269 g/mol. The fourth-order valence-corrected chi connectivity index (χ4v) is 2.94. The maximum Gasteiger partial charge on any atom is 0.201 e. The molecule has 4 nitrogen and oxygen atoms in total. The molecule has 2 rings (SSSR count). The summed E-state index contributed by atoms with van der Waals surface area (Å²) in [6, 6.07) is 3.07. The first-order valence-corrected chi connectivity index (χ1v) is 7.36. The Hall–Kier alpha value is -1.43. The maximum atomic E-state index is 13.5. The molecule has 0 aliphatic heterocycles. The van der Waals surface area contributed by atoms with E-state index in [1.54, 1.807) is 19.2 Å². The van der Waals surface area contributed by atoms with E-state index in [1.165, 1.54) is 6.07 Å². The van der Waals surface area contributed by atoms with Gasteiger partial charge in [0.2, 0.25) is 5.95 Å². The number of hydrogen-bond donors (Lipinski definition) is 1. The molecule has 0 bridgehead atoms. The summed E-state index contributed by atoms with van der Waals surface area (Å²) < 4.78 is 26.6. The van der Waals surface area contributed by atoms with Crippen molar-refractivity contribution < 1.29 is 8.60 Å². The van der Waals surface area contributed by atoms with Crippen LogP contribution in [0.5, 0.6) is 0 Å². The first-order valence-electron chi connectivity index (χ1n) is 5.63. The van der Waals surface area contributed by atoms with Gasteiger partial charge in [-0.25, -0.2) is 9.37 Å². The Kier molecular flexibility index (Phi) is 3.38. The summed E-state index contributed by atoms with van der Waals surface area (Å²) in [6.45, 7) is 3.63. The Bertz CT molecular complexity index is 623. The fraction of sp³-hybridized carbons (Fsp3) is 0.417. The van der Waals surface area contributed by atoms with Crippen LogP contribution in [0, 0.1) is 12.7 Å². The molecule has 0 aliphatic carbocycles. The van der Waals surface area contributed by atoms with Gasteiger partial charge in [0, 0.05) is 34.9 Å². The topological polar surface area (TPSA) is 60.9 Å². The third-order valence-corrected chi connectivity index (χ3v) is 3.87. The van der Waals surface area contributed by atoms with E-state index in [0.717, 1.165) is 5.52 Å². The lowest BCUT2D eigenvalue weighted by molar-refractivity contribution is 0.613. The number of nitrogens with zero attached hydrogens (tertiary/aromatic N) is 2. The Morgan fingerprint density at radius 3 is 2.83 bits per heavy atom. The maximum absolute atomic E-state index is 13.5. The van der Waals surface area contributed by atoms with Crippen molar-refractivity contribution >= 4 is 27.8 Å². The van der Waals surface area contributed by atoms with E-state index in [-0.39, 0.29) is 11.9 Å². The van der Waals surface area contributed by atoms with Gasteiger partial charge in [-0.15, -0.1) is 0 Å². The molecule has 0 aliphatic rings. The van der Waals surface area contributed by atoms with E-state index in [9.17, 15) is 8.60 Å². The molecule has 2 atom stereocenters. The number of halogens is 1. The van der Waals surface area contributed by atoms with Gasteiger partial charge >= 0.3 is 0 Å². The van der Waals surface area contributed by atoms with E-state index in [4.69, 9.17) is 5.73 Å². The summed E-state index contributed by atoms with van der Waals surface area (Å²) >= 11 is 0. The monoisotopic (exact) mass is 269 g/mol. The lowest BCUT2D eigenvalue weighted by Crippen LogP contribution is -2.15. The van der Waals surface area contributed by atoms with Crippen molar-refractivity contribution in [3.05, 3.63) is 23.5 Å². The van der Waals surface area contributed by atoms with Gasteiger partial charge in [0.05, 0.1) is 11.0 Å². The van der Waals surface area contributed by atoms with Crippen LogP contribution in [0.4, 0.5) is 10.3 Å². The quantitative estimate of drug-likeness (QED) is 0.927. The fourth-order valence-electron chi connectivity index (χ4n) is 2.12. The lowest BCUT2D eigenvalue weighted by atomic mass is 10.2. The van der Waals surface area contributed by atoms with Gasteiger partial charge in [-0.3, -0.25) is 4.21 Å². The number of hydrogen-bond acceptors (Lipinski definition) is 3. The average Bonchev–Trinajstić information content (AvgIpc) is 2.53. The summed E-state index contributed by atoms with van der Waals surface area (Å²) in [6.07, 6.45) is 1.65. The highest BCUT2D eigenvalue weighted by Crippen LogP contribution is 2.25. The van der Waals surface area contributed by atoms with E-state index in [1.807, 2.05) is 11.5 Å². The highest BCUT2D eigenvalue weighted by molar-refractivity contribution is 7.84. The molecular formula is C12H16FN3OS. The van der Waals surface area contributed by atoms with Crippen LogP contribution in [-0.2, 0) is 10.8 Å². The first-order chi connectivity index (χ1) is 8.40. The highest BCUT2D eigenvalue weighted by atomic mass is 32.2. The first kappa shape index (κ1) is 13.0. The third kappa shape index (κ3) is 2.25. The molecule has 0 spiro atoms. The molecule has 2 N–H and O–H groups in total. The molecule has 2 unspecified atom stereocenters. The van der Waals surface area contributed by atoms with Crippen molar-refractivity contribution in [1.29, 1.82) is 0 Å². The number of aryl methyl sites for hydroxylation is 1. The molecule has 0 saturated heterocycles. The standard InChI is InChI=1S/C12H16FN3OS/c1-7-4-11-10(5-9(7)13)15-12(14)16(11)8(2)6-18(3)17/h4-5,8H,6H2,1-3H3,(H2,14,15). The second-order valence-electron chi connectivity index (χ2n) is 4.52. The van der Waals surface area contributed by atoms with Crippen LogP contribution in [0.25, 0.3) is 11.0 Å². The van der Waals surface area contributed by atoms with Crippen molar-refractivity contribution in [2.45, 2.75) is 19.9 Å². The minimum Gasteiger partial charge on any atom is -0.369 e. The van der Waals surface area contributed by atoms with Gasteiger partial charge < -0.3 is 10.3 Å². The molecule has 0 amide bonds. The van der Waals surface area contributed by atoms with Crippen molar-refractivity contribution in [2.75, 3.05) is 17.7 Å². The van der Waals surface area contributed by atoms with Crippen molar-refractivity contribution in [1.82, 2.24) is 9.55 Å². The van der Waals surface area contributed by atoms with E-state index >= 15 is 0 Å². The molecule has 98 valence electrons. The molecule has 0 fully saturated rings. The highest BCUT2D eigenvalue weighted by Gasteiger charge is 2.16. The Morgan fingerprint density at radius 1 is 1.56 bits per heavy atom. The summed E-state index contributed by atoms with van der Waals surface area (Å²) in [5, 5.41) is 0. The Balaban J connectivity index is 2.59. The number of imidazole rings is 1. The zero-order valence-electron chi connectivity index (χ0n) is 10.6. The molecule has 1 aromatic carbocycles. The predicted octanol–water partition coefficient (Wildman–Crippen LogP) is 2.01. The van der Waals surface area contributed by atoms with Crippen molar-refractivity contribution in [3.63, 3.8) is 0 Å². The van der Waals surface area contributed by atoms with E-state index < -0.39 is 10.8 Å². The van der Waals surface area contributed by atoms with Gasteiger partial charge in [0.25, 0.3) is 0 Å². The molecule has 0 radical (unpaired) electrons. The molecule has 2 aromatic rings. The zero-order chi connectivity index (χ0) is 13.4. The molecule has 6 heteroatoms. The van der Waals surface area contributed by atoms with E-state index in [2.05, 4.69) is 4.98 Å².